The number of aliphatic hydroxyl groups excluding tert-OH is 1. The molecule has 124 valence electrons. The average Bonchev–Trinajstić information content (AvgIpc) is 2.77. The fourth-order valence-electron chi connectivity index (χ4n) is 4.35. The average molecular weight is 296 g/mol. The van der Waals surface area contributed by atoms with E-state index in [9.17, 15) is 0 Å². The number of hydrogen-bond acceptors (Lipinski definition) is 3. The molecule has 0 aromatic heterocycles. The number of nitrogens with one attached hydrogen (secondary N) is 1. The van der Waals surface area contributed by atoms with E-state index in [1.807, 2.05) is 0 Å². The largest absolute Gasteiger partial charge is 0.396 e. The van der Waals surface area contributed by atoms with Crippen molar-refractivity contribution in [2.24, 2.45) is 11.3 Å². The predicted octanol–water partition coefficient (Wildman–Crippen LogP) is 3.03. The van der Waals surface area contributed by atoms with Crippen LogP contribution in [0.4, 0.5) is 0 Å². The minimum atomic E-state index is 0.363. The van der Waals surface area contributed by atoms with Gasteiger partial charge in [0.15, 0.2) is 0 Å². The highest BCUT2D eigenvalue weighted by atomic mass is 16.3. The van der Waals surface area contributed by atoms with Crippen LogP contribution in [0.25, 0.3) is 0 Å². The van der Waals surface area contributed by atoms with Gasteiger partial charge >= 0.3 is 0 Å². The summed E-state index contributed by atoms with van der Waals surface area (Å²) in [6, 6.07) is 0. The topological polar surface area (TPSA) is 35.5 Å². The summed E-state index contributed by atoms with van der Waals surface area (Å²) in [6.45, 7) is 8.74. The van der Waals surface area contributed by atoms with Gasteiger partial charge in [0.1, 0.15) is 0 Å². The van der Waals surface area contributed by atoms with Crippen LogP contribution in [-0.2, 0) is 0 Å². The number of aliphatic hydroxyl groups is 1. The Morgan fingerprint density at radius 1 is 1.19 bits per heavy atom. The van der Waals surface area contributed by atoms with Crippen LogP contribution >= 0.6 is 0 Å². The van der Waals surface area contributed by atoms with Crippen molar-refractivity contribution in [2.45, 2.75) is 64.7 Å². The van der Waals surface area contributed by atoms with E-state index in [1.165, 1.54) is 77.5 Å². The monoisotopic (exact) mass is 296 g/mol. The van der Waals surface area contributed by atoms with E-state index in [1.54, 1.807) is 0 Å². The Balaban J connectivity index is 1.88. The molecule has 0 aromatic rings. The molecular formula is C18H36N2O. The second kappa shape index (κ2) is 9.12. The second-order valence-corrected chi connectivity index (χ2v) is 7.49. The highest BCUT2D eigenvalue weighted by Crippen LogP contribution is 2.36. The van der Waals surface area contributed by atoms with Gasteiger partial charge in [-0.2, -0.15) is 0 Å². The van der Waals surface area contributed by atoms with Crippen LogP contribution in [0.3, 0.4) is 0 Å². The Morgan fingerprint density at radius 2 is 1.95 bits per heavy atom. The third-order valence-corrected chi connectivity index (χ3v) is 5.56. The van der Waals surface area contributed by atoms with Crippen LogP contribution in [0.2, 0.25) is 0 Å². The van der Waals surface area contributed by atoms with Crippen LogP contribution in [0.1, 0.15) is 64.7 Å². The molecule has 0 amide bonds. The van der Waals surface area contributed by atoms with E-state index in [4.69, 9.17) is 5.11 Å². The van der Waals surface area contributed by atoms with Crippen LogP contribution in [0.5, 0.6) is 0 Å². The van der Waals surface area contributed by atoms with Crippen molar-refractivity contribution >= 4 is 0 Å². The van der Waals surface area contributed by atoms with Crippen LogP contribution in [-0.4, -0.2) is 49.3 Å². The summed E-state index contributed by atoms with van der Waals surface area (Å²) in [5.74, 6) is 0.737. The third kappa shape index (κ3) is 5.54. The van der Waals surface area contributed by atoms with Crippen LogP contribution in [0.15, 0.2) is 0 Å². The molecule has 21 heavy (non-hydrogen) atoms. The van der Waals surface area contributed by atoms with Crippen LogP contribution < -0.4 is 5.32 Å². The molecule has 3 nitrogen and oxygen atoms in total. The summed E-state index contributed by atoms with van der Waals surface area (Å²) >= 11 is 0. The molecule has 1 aliphatic carbocycles. The number of nitrogens with zero attached hydrogens (tertiary/aromatic N) is 1. The summed E-state index contributed by atoms with van der Waals surface area (Å²) in [5, 5.41) is 12.9. The molecular weight excluding hydrogens is 260 g/mol. The van der Waals surface area contributed by atoms with Crippen molar-refractivity contribution in [3.63, 3.8) is 0 Å². The fraction of sp³-hybridized carbons (Fsp3) is 1.00. The van der Waals surface area contributed by atoms with E-state index in [2.05, 4.69) is 17.1 Å². The highest BCUT2D eigenvalue weighted by Gasteiger charge is 2.34. The Kier molecular flexibility index (Phi) is 7.48. The molecule has 2 aliphatic rings. The maximum absolute atomic E-state index is 9.14. The van der Waals surface area contributed by atoms with Gasteiger partial charge in [-0.1, -0.05) is 32.6 Å². The van der Waals surface area contributed by atoms with Crippen LogP contribution in [0, 0.1) is 11.3 Å². The molecule has 1 atom stereocenters. The van der Waals surface area contributed by atoms with E-state index in [-0.39, 0.29) is 0 Å². The van der Waals surface area contributed by atoms with E-state index in [0.29, 0.717) is 12.0 Å². The number of hydrogen-bond donors (Lipinski definition) is 2. The molecule has 1 unspecified atom stereocenters. The summed E-state index contributed by atoms with van der Waals surface area (Å²) < 4.78 is 0. The Labute approximate surface area is 131 Å². The molecule has 2 rings (SSSR count). The molecule has 1 saturated carbocycles. The zero-order valence-electron chi connectivity index (χ0n) is 14.1. The van der Waals surface area contributed by atoms with E-state index >= 15 is 0 Å². The first-order chi connectivity index (χ1) is 10.3. The van der Waals surface area contributed by atoms with E-state index in [0.717, 1.165) is 18.9 Å². The van der Waals surface area contributed by atoms with Gasteiger partial charge in [0.05, 0.1) is 0 Å². The molecule has 0 bridgehead atoms. The van der Waals surface area contributed by atoms with Crippen molar-refractivity contribution < 1.29 is 5.11 Å². The van der Waals surface area contributed by atoms with Gasteiger partial charge in [-0.25, -0.2) is 0 Å². The van der Waals surface area contributed by atoms with Gasteiger partial charge in [0.2, 0.25) is 0 Å². The Hall–Kier alpha value is -0.120. The maximum Gasteiger partial charge on any atom is 0.0434 e. The smallest absolute Gasteiger partial charge is 0.0434 e. The Morgan fingerprint density at radius 3 is 2.62 bits per heavy atom. The minimum absolute atomic E-state index is 0.363. The van der Waals surface area contributed by atoms with Gasteiger partial charge in [0, 0.05) is 26.2 Å². The molecule has 0 spiro atoms. The van der Waals surface area contributed by atoms with Gasteiger partial charge in [-0.05, 0) is 56.5 Å². The first kappa shape index (κ1) is 17.2. The molecule has 1 heterocycles. The lowest BCUT2D eigenvalue weighted by atomic mass is 9.79. The van der Waals surface area contributed by atoms with Gasteiger partial charge in [-0.3, -0.25) is 0 Å². The molecule has 1 aliphatic heterocycles. The lowest BCUT2D eigenvalue weighted by molar-refractivity contribution is 0.140. The van der Waals surface area contributed by atoms with Crippen molar-refractivity contribution in [3.05, 3.63) is 0 Å². The van der Waals surface area contributed by atoms with Crippen molar-refractivity contribution in [1.82, 2.24) is 10.2 Å². The standard InChI is InChI=1S/C18H36N2O/c1-2-11-19-15-18(9-5-3-4-6-10-18)16-20-12-7-17(14-20)8-13-21/h17,19,21H,2-16H2,1H3. The summed E-state index contributed by atoms with van der Waals surface area (Å²) in [7, 11) is 0. The lowest BCUT2D eigenvalue weighted by Crippen LogP contribution is -2.43. The SMILES string of the molecule is CCCNCC1(CN2CCC(CCO)C2)CCCCCC1. The molecule has 3 heteroatoms. The second-order valence-electron chi connectivity index (χ2n) is 7.49. The number of likely N-dealkylation sites (tertiary alicyclic amines) is 1. The minimum Gasteiger partial charge on any atom is -0.396 e. The normalized spacial score (nSPS) is 26.9. The molecule has 2 N–H and O–H groups in total. The molecule has 1 saturated heterocycles. The van der Waals surface area contributed by atoms with Gasteiger partial charge < -0.3 is 15.3 Å². The summed E-state index contributed by atoms with van der Waals surface area (Å²) in [5.41, 5.74) is 0.514. The fourth-order valence-corrected chi connectivity index (χ4v) is 4.35. The van der Waals surface area contributed by atoms with Gasteiger partial charge in [-0.15, -0.1) is 0 Å². The maximum atomic E-state index is 9.14. The van der Waals surface area contributed by atoms with Gasteiger partial charge in [0.25, 0.3) is 0 Å². The lowest BCUT2D eigenvalue weighted by Gasteiger charge is -2.37. The summed E-state index contributed by atoms with van der Waals surface area (Å²) in [4.78, 5) is 2.69. The quantitative estimate of drug-likeness (QED) is 0.534. The Bertz CT molecular complexity index is 274. The summed E-state index contributed by atoms with van der Waals surface area (Å²) in [6.07, 6.45) is 12.0. The van der Waals surface area contributed by atoms with Crippen molar-refractivity contribution in [2.75, 3.05) is 39.3 Å². The van der Waals surface area contributed by atoms with Crippen molar-refractivity contribution in [1.29, 1.82) is 0 Å². The van der Waals surface area contributed by atoms with Crippen molar-refractivity contribution in [3.8, 4) is 0 Å². The van der Waals surface area contributed by atoms with E-state index < -0.39 is 0 Å². The zero-order valence-corrected chi connectivity index (χ0v) is 14.1. The molecule has 2 fully saturated rings. The first-order valence-electron chi connectivity index (χ1n) is 9.32. The molecule has 0 radical (unpaired) electrons. The molecule has 0 aromatic carbocycles. The first-order valence-corrected chi connectivity index (χ1v) is 9.32. The zero-order chi connectivity index (χ0) is 15.0. The predicted molar refractivity (Wildman–Crippen MR) is 89.5 cm³/mol. The third-order valence-electron chi connectivity index (χ3n) is 5.56. The highest BCUT2D eigenvalue weighted by molar-refractivity contribution is 4.89. The number of rotatable bonds is 8.